The Hall–Kier alpha value is -3.93. The number of anilines is 5. The van der Waals surface area contributed by atoms with E-state index >= 15 is 0 Å². The molecule has 0 unspecified atom stereocenters. The zero-order chi connectivity index (χ0) is 24.0. The Morgan fingerprint density at radius 3 is 2.48 bits per heavy atom. The van der Waals surface area contributed by atoms with Gasteiger partial charge >= 0.3 is 0 Å². The molecule has 174 valence electrons. The maximum absolute atomic E-state index is 14.4. The van der Waals surface area contributed by atoms with Crippen molar-refractivity contribution >= 4 is 44.8 Å². The minimum absolute atomic E-state index is 0.0267. The summed E-state index contributed by atoms with van der Waals surface area (Å²) in [6, 6.07) is 11.2. The van der Waals surface area contributed by atoms with E-state index in [2.05, 4.69) is 30.6 Å². The van der Waals surface area contributed by atoms with Crippen LogP contribution in [0.25, 0.3) is 0 Å². The number of nitrogens with zero attached hydrogens (tertiary/aromatic N) is 2. The quantitative estimate of drug-likeness (QED) is 0.371. The Morgan fingerprint density at radius 2 is 1.82 bits per heavy atom. The second kappa shape index (κ2) is 10.1. The van der Waals surface area contributed by atoms with Crippen LogP contribution in [0, 0.1) is 5.82 Å². The van der Waals surface area contributed by atoms with Crippen molar-refractivity contribution in [2.75, 3.05) is 35.3 Å². The molecule has 0 aliphatic carbocycles. The maximum Gasteiger partial charge on any atom is 0.251 e. The van der Waals surface area contributed by atoms with Crippen LogP contribution in [0.5, 0.6) is 5.75 Å². The van der Waals surface area contributed by atoms with Crippen LogP contribution in [0.4, 0.5) is 33.2 Å². The topological polar surface area (TPSA) is 134 Å². The summed E-state index contributed by atoms with van der Waals surface area (Å²) in [5.74, 6) is -0.751. The van der Waals surface area contributed by atoms with Crippen LogP contribution in [-0.2, 0) is 10.0 Å². The number of hydrogen-bond acceptors (Lipinski definition) is 8. The fourth-order valence-electron chi connectivity index (χ4n) is 2.85. The molecule has 10 nitrogen and oxygen atoms in total. The van der Waals surface area contributed by atoms with E-state index in [1.807, 2.05) is 6.92 Å². The van der Waals surface area contributed by atoms with E-state index in [9.17, 15) is 17.6 Å². The van der Waals surface area contributed by atoms with Gasteiger partial charge in [0.05, 0.1) is 36.6 Å². The highest BCUT2D eigenvalue weighted by Gasteiger charge is 2.14. The molecular formula is C21H23FN6O4S. The molecule has 3 aromatic rings. The summed E-state index contributed by atoms with van der Waals surface area (Å²) in [6.07, 6.45) is 1.98. The van der Waals surface area contributed by atoms with Gasteiger partial charge in [-0.15, -0.1) is 0 Å². The molecule has 3 rings (SSSR count). The van der Waals surface area contributed by atoms with Crippen LogP contribution in [-0.4, -0.2) is 44.2 Å². The average Bonchev–Trinajstić information content (AvgIpc) is 2.76. The Bertz CT molecular complexity index is 1270. The van der Waals surface area contributed by atoms with Gasteiger partial charge in [0.1, 0.15) is 5.75 Å². The molecule has 33 heavy (non-hydrogen) atoms. The Balaban J connectivity index is 1.91. The van der Waals surface area contributed by atoms with Crippen LogP contribution in [0.1, 0.15) is 17.3 Å². The summed E-state index contributed by atoms with van der Waals surface area (Å²) >= 11 is 0. The molecule has 1 heterocycles. The first-order valence-electron chi connectivity index (χ1n) is 9.79. The van der Waals surface area contributed by atoms with E-state index in [0.29, 0.717) is 29.2 Å². The number of nitrogens with one attached hydrogen (secondary N) is 4. The molecule has 0 saturated carbocycles. The van der Waals surface area contributed by atoms with Gasteiger partial charge in [-0.3, -0.25) is 9.52 Å². The first-order valence-corrected chi connectivity index (χ1v) is 11.7. The zero-order valence-electron chi connectivity index (χ0n) is 18.1. The summed E-state index contributed by atoms with van der Waals surface area (Å²) < 4.78 is 45.3. The highest BCUT2D eigenvalue weighted by molar-refractivity contribution is 7.92. The highest BCUT2D eigenvalue weighted by atomic mass is 32.2. The molecule has 0 fully saturated rings. The van der Waals surface area contributed by atoms with E-state index in [4.69, 9.17) is 4.74 Å². The van der Waals surface area contributed by atoms with Crippen molar-refractivity contribution in [3.8, 4) is 5.75 Å². The minimum Gasteiger partial charge on any atom is -0.495 e. The second-order valence-electron chi connectivity index (χ2n) is 6.83. The molecule has 0 aliphatic heterocycles. The van der Waals surface area contributed by atoms with Gasteiger partial charge in [0.2, 0.25) is 16.0 Å². The van der Waals surface area contributed by atoms with Crippen LogP contribution >= 0.6 is 0 Å². The number of amides is 1. The molecule has 0 aliphatic rings. The van der Waals surface area contributed by atoms with Gasteiger partial charge in [-0.1, -0.05) is 12.1 Å². The van der Waals surface area contributed by atoms with Gasteiger partial charge in [0, 0.05) is 12.1 Å². The molecular weight excluding hydrogens is 451 g/mol. The summed E-state index contributed by atoms with van der Waals surface area (Å²) in [5.41, 5.74) is 1.31. The van der Waals surface area contributed by atoms with Gasteiger partial charge in [0.25, 0.3) is 5.91 Å². The van der Waals surface area contributed by atoms with Crippen molar-refractivity contribution in [2.45, 2.75) is 6.92 Å². The van der Waals surface area contributed by atoms with Crippen LogP contribution < -0.4 is 25.4 Å². The number of rotatable bonds is 9. The smallest absolute Gasteiger partial charge is 0.251 e. The molecule has 2 aromatic carbocycles. The van der Waals surface area contributed by atoms with E-state index < -0.39 is 15.8 Å². The number of para-hydroxylation sites is 2. The predicted octanol–water partition coefficient (Wildman–Crippen LogP) is 3.23. The van der Waals surface area contributed by atoms with Crippen LogP contribution in [0.3, 0.4) is 0 Å². The maximum atomic E-state index is 14.4. The largest absolute Gasteiger partial charge is 0.495 e. The second-order valence-corrected chi connectivity index (χ2v) is 8.58. The normalized spacial score (nSPS) is 10.9. The Kier molecular flexibility index (Phi) is 7.28. The molecule has 4 N–H and O–H groups in total. The molecule has 1 amide bonds. The van der Waals surface area contributed by atoms with Crippen molar-refractivity contribution in [3.63, 3.8) is 0 Å². The molecule has 1 aromatic heterocycles. The minimum atomic E-state index is -3.55. The summed E-state index contributed by atoms with van der Waals surface area (Å²) in [4.78, 5) is 20.2. The molecule has 0 saturated heterocycles. The fraction of sp³-hybridized carbons (Fsp3) is 0.190. The van der Waals surface area contributed by atoms with Gasteiger partial charge in [0.15, 0.2) is 11.6 Å². The monoisotopic (exact) mass is 474 g/mol. The van der Waals surface area contributed by atoms with Crippen molar-refractivity contribution in [1.82, 2.24) is 15.3 Å². The van der Waals surface area contributed by atoms with Crippen molar-refractivity contribution in [3.05, 3.63) is 60.0 Å². The lowest BCUT2D eigenvalue weighted by atomic mass is 10.1. The molecule has 0 atom stereocenters. The average molecular weight is 475 g/mol. The van der Waals surface area contributed by atoms with Gasteiger partial charge < -0.3 is 20.7 Å². The number of carbonyl (C=O) groups is 1. The number of sulfonamides is 1. The lowest BCUT2D eigenvalue weighted by Crippen LogP contribution is -2.22. The lowest BCUT2D eigenvalue weighted by molar-refractivity contribution is 0.0956. The standard InChI is InChI=1S/C21H23FN6O4S/c1-4-23-20(29)13-9-10-18(32-2)17(11-13)26-21-24-12-14(22)19(27-21)25-15-7-5-6-8-16(15)28-33(3,30)31/h5-12,28H,4H2,1-3H3,(H,23,29)(H2,24,25,26,27). The Morgan fingerprint density at radius 1 is 1.09 bits per heavy atom. The number of ether oxygens (including phenoxy) is 1. The van der Waals surface area contributed by atoms with E-state index in [-0.39, 0.29) is 23.4 Å². The fourth-order valence-corrected chi connectivity index (χ4v) is 3.43. The van der Waals surface area contributed by atoms with Crippen molar-refractivity contribution in [1.29, 1.82) is 0 Å². The SMILES string of the molecule is CCNC(=O)c1ccc(OC)c(Nc2ncc(F)c(Nc3ccccc3NS(C)(=O)=O)n2)c1. The summed E-state index contributed by atoms with van der Waals surface area (Å²) in [5, 5.41) is 8.41. The first kappa shape index (κ1) is 23.7. The number of methoxy groups -OCH3 is 1. The van der Waals surface area contributed by atoms with E-state index in [1.54, 1.807) is 36.4 Å². The number of aromatic nitrogens is 2. The van der Waals surface area contributed by atoms with E-state index in [1.165, 1.54) is 13.2 Å². The third-order valence-corrected chi connectivity index (χ3v) is 4.86. The number of benzene rings is 2. The lowest BCUT2D eigenvalue weighted by Gasteiger charge is -2.15. The van der Waals surface area contributed by atoms with Gasteiger partial charge in [-0.05, 0) is 37.3 Å². The van der Waals surface area contributed by atoms with Gasteiger partial charge in [-0.2, -0.15) is 4.98 Å². The van der Waals surface area contributed by atoms with Crippen molar-refractivity contribution in [2.24, 2.45) is 0 Å². The number of carbonyl (C=O) groups excluding carboxylic acids is 1. The Labute approximate surface area is 190 Å². The van der Waals surface area contributed by atoms with E-state index in [0.717, 1.165) is 12.5 Å². The number of hydrogen-bond donors (Lipinski definition) is 4. The number of halogens is 1. The summed E-state index contributed by atoms with van der Waals surface area (Å²) in [7, 11) is -2.08. The summed E-state index contributed by atoms with van der Waals surface area (Å²) in [6.45, 7) is 2.28. The van der Waals surface area contributed by atoms with Crippen molar-refractivity contribution < 1.29 is 22.3 Å². The first-order chi connectivity index (χ1) is 15.7. The molecule has 12 heteroatoms. The molecule has 0 bridgehead atoms. The molecule has 0 spiro atoms. The van der Waals surface area contributed by atoms with Gasteiger partial charge in [-0.25, -0.2) is 17.8 Å². The highest BCUT2D eigenvalue weighted by Crippen LogP contribution is 2.30. The van der Waals surface area contributed by atoms with Crippen LogP contribution in [0.15, 0.2) is 48.7 Å². The third kappa shape index (κ3) is 6.29. The molecule has 0 radical (unpaired) electrons. The predicted molar refractivity (Wildman–Crippen MR) is 124 cm³/mol. The zero-order valence-corrected chi connectivity index (χ0v) is 19.0. The van der Waals surface area contributed by atoms with Crippen LogP contribution in [0.2, 0.25) is 0 Å². The third-order valence-electron chi connectivity index (χ3n) is 4.27.